The number of piperidine rings is 1. The van der Waals surface area contributed by atoms with Crippen LogP contribution < -0.4 is 4.74 Å². The number of hydrogen-bond acceptors (Lipinski definition) is 3. The Labute approximate surface area is 241 Å². The molecule has 1 saturated heterocycles. The minimum Gasteiger partial charge on any atom is -0.492 e. The second kappa shape index (κ2) is 15.6. The number of thiophene rings is 1. The van der Waals surface area contributed by atoms with Gasteiger partial charge in [0.05, 0.1) is 0 Å². The highest BCUT2D eigenvalue weighted by atomic mass is 32.1. The summed E-state index contributed by atoms with van der Waals surface area (Å²) in [6.07, 6.45) is 5.91. The summed E-state index contributed by atoms with van der Waals surface area (Å²) in [5, 5.41) is 1.35. The van der Waals surface area contributed by atoms with Gasteiger partial charge in [-0.1, -0.05) is 93.9 Å². The van der Waals surface area contributed by atoms with Crippen molar-refractivity contribution >= 4 is 27.5 Å². The number of fused-ring (bicyclic) bond motifs is 1. The molecule has 0 N–H and O–H groups in total. The summed E-state index contributed by atoms with van der Waals surface area (Å²) in [7, 11) is 0. The predicted octanol–water partition coefficient (Wildman–Crippen LogP) is 10.4. The first kappa shape index (κ1) is 30.7. The maximum atomic E-state index is 6.01. The molecule has 1 aromatic heterocycles. The molecular formula is C36H47NOS. The summed E-state index contributed by atoms with van der Waals surface area (Å²) in [4.78, 5) is 3.92. The monoisotopic (exact) mass is 541 g/mol. The standard InChI is InChI=1S/C24H29NOS.C10H12.C2H6/c1-3-19-12-14-25(15-13-19)16-17-26-21-10-8-20(9-11-21)24-18(2)27-23-7-5-4-6-22(23)24;1-4-10-6-5-8(2)7-9(10)3;1-2/h4-11,19H,3,12-17H2,1-2H3;4-7H,1H2,2-3H3;1-2H3. The van der Waals surface area contributed by atoms with Gasteiger partial charge in [-0.15, -0.1) is 11.3 Å². The van der Waals surface area contributed by atoms with Crippen LogP contribution in [0.25, 0.3) is 27.3 Å². The van der Waals surface area contributed by atoms with Gasteiger partial charge in [-0.3, -0.25) is 4.90 Å². The topological polar surface area (TPSA) is 12.5 Å². The Kier molecular flexibility index (Phi) is 12.3. The Hall–Kier alpha value is -2.88. The molecule has 39 heavy (non-hydrogen) atoms. The molecule has 0 aliphatic carbocycles. The van der Waals surface area contributed by atoms with Gasteiger partial charge in [-0.05, 0) is 87.5 Å². The Morgan fingerprint density at radius 2 is 1.64 bits per heavy atom. The lowest BCUT2D eigenvalue weighted by atomic mass is 9.94. The van der Waals surface area contributed by atoms with Crippen molar-refractivity contribution < 1.29 is 4.74 Å². The summed E-state index contributed by atoms with van der Waals surface area (Å²) < 4.78 is 7.37. The van der Waals surface area contributed by atoms with Gasteiger partial charge in [0.15, 0.2) is 0 Å². The van der Waals surface area contributed by atoms with Crippen LogP contribution in [0.4, 0.5) is 0 Å². The van der Waals surface area contributed by atoms with Crippen molar-refractivity contribution in [2.45, 2.75) is 60.8 Å². The molecule has 3 heteroatoms. The quantitative estimate of drug-likeness (QED) is 0.231. The zero-order valence-corrected chi connectivity index (χ0v) is 25.7. The van der Waals surface area contributed by atoms with E-state index in [0.29, 0.717) is 0 Å². The van der Waals surface area contributed by atoms with Gasteiger partial charge in [-0.2, -0.15) is 0 Å². The molecule has 2 nitrogen and oxygen atoms in total. The molecule has 208 valence electrons. The number of ether oxygens (including phenoxy) is 1. The van der Waals surface area contributed by atoms with Crippen LogP contribution in [0, 0.1) is 26.7 Å². The highest BCUT2D eigenvalue weighted by Gasteiger charge is 2.17. The van der Waals surface area contributed by atoms with Crippen molar-refractivity contribution in [1.82, 2.24) is 4.90 Å². The molecule has 0 atom stereocenters. The van der Waals surface area contributed by atoms with Crippen LogP contribution in [0.2, 0.25) is 0 Å². The van der Waals surface area contributed by atoms with Gasteiger partial charge >= 0.3 is 0 Å². The van der Waals surface area contributed by atoms with E-state index in [9.17, 15) is 0 Å². The Balaban J connectivity index is 0.000000294. The fraction of sp³-hybridized carbons (Fsp3) is 0.389. The number of benzene rings is 3. The second-order valence-electron chi connectivity index (χ2n) is 10.2. The van der Waals surface area contributed by atoms with Crippen LogP contribution in [-0.4, -0.2) is 31.1 Å². The first-order valence-electron chi connectivity index (χ1n) is 14.6. The van der Waals surface area contributed by atoms with Gasteiger partial charge in [-0.25, -0.2) is 0 Å². The van der Waals surface area contributed by atoms with E-state index >= 15 is 0 Å². The summed E-state index contributed by atoms with van der Waals surface area (Å²) in [6.45, 7) is 20.7. The average Bonchev–Trinajstić information content (AvgIpc) is 3.31. The first-order chi connectivity index (χ1) is 19.0. The fourth-order valence-electron chi connectivity index (χ4n) is 5.21. The van der Waals surface area contributed by atoms with Gasteiger partial charge in [0, 0.05) is 27.1 Å². The summed E-state index contributed by atoms with van der Waals surface area (Å²) in [5.41, 5.74) is 6.48. The lowest BCUT2D eigenvalue weighted by Gasteiger charge is -2.31. The third kappa shape index (κ3) is 8.55. The molecule has 1 aliphatic rings. The first-order valence-corrected chi connectivity index (χ1v) is 15.4. The summed E-state index contributed by atoms with van der Waals surface area (Å²) in [6, 6.07) is 23.7. The molecule has 1 aliphatic heterocycles. The molecule has 4 aromatic rings. The van der Waals surface area contributed by atoms with Crippen molar-refractivity contribution in [2.24, 2.45) is 5.92 Å². The van der Waals surface area contributed by atoms with Crippen LogP contribution in [0.15, 0.2) is 73.3 Å². The zero-order valence-electron chi connectivity index (χ0n) is 24.9. The molecule has 3 aromatic carbocycles. The molecule has 0 unspecified atom stereocenters. The Bertz CT molecular complexity index is 1300. The van der Waals surface area contributed by atoms with E-state index in [0.717, 1.165) is 24.8 Å². The number of likely N-dealkylation sites (tertiary alicyclic amines) is 1. The third-order valence-corrected chi connectivity index (χ3v) is 8.61. The third-order valence-electron chi connectivity index (χ3n) is 7.52. The zero-order chi connectivity index (χ0) is 28.2. The van der Waals surface area contributed by atoms with E-state index in [2.05, 4.69) is 106 Å². The van der Waals surface area contributed by atoms with Gasteiger partial charge in [0.25, 0.3) is 0 Å². The van der Waals surface area contributed by atoms with Crippen molar-refractivity contribution in [2.75, 3.05) is 26.2 Å². The molecule has 0 radical (unpaired) electrons. The molecule has 0 amide bonds. The van der Waals surface area contributed by atoms with E-state index in [4.69, 9.17) is 4.74 Å². The SMILES string of the molecule is C=Cc1ccc(C)cc1C.CC.CCC1CCN(CCOc2ccc(-c3c(C)sc4ccccc34)cc2)CC1. The molecule has 2 heterocycles. The predicted molar refractivity (Wildman–Crippen MR) is 174 cm³/mol. The van der Waals surface area contributed by atoms with Crippen LogP contribution in [0.5, 0.6) is 5.75 Å². The Morgan fingerprint density at radius 3 is 2.28 bits per heavy atom. The van der Waals surface area contributed by atoms with Crippen LogP contribution in [-0.2, 0) is 0 Å². The lowest BCUT2D eigenvalue weighted by molar-refractivity contribution is 0.153. The molecule has 0 saturated carbocycles. The number of hydrogen-bond donors (Lipinski definition) is 0. The van der Waals surface area contributed by atoms with Crippen molar-refractivity contribution in [3.63, 3.8) is 0 Å². The van der Waals surface area contributed by atoms with E-state index in [1.54, 1.807) is 0 Å². The smallest absolute Gasteiger partial charge is 0.119 e. The fourth-order valence-corrected chi connectivity index (χ4v) is 6.30. The number of aryl methyl sites for hydroxylation is 3. The Morgan fingerprint density at radius 1 is 0.949 bits per heavy atom. The van der Waals surface area contributed by atoms with E-state index in [1.807, 2.05) is 31.3 Å². The lowest BCUT2D eigenvalue weighted by Crippen LogP contribution is -2.36. The summed E-state index contributed by atoms with van der Waals surface area (Å²) >= 11 is 1.87. The van der Waals surface area contributed by atoms with Gasteiger partial charge < -0.3 is 4.74 Å². The minimum atomic E-state index is 0.774. The maximum Gasteiger partial charge on any atom is 0.119 e. The summed E-state index contributed by atoms with van der Waals surface area (Å²) in [5.74, 6) is 1.91. The number of rotatable bonds is 7. The molecule has 5 rings (SSSR count). The van der Waals surface area contributed by atoms with Crippen LogP contribution >= 0.6 is 11.3 Å². The van der Waals surface area contributed by atoms with Gasteiger partial charge in [0.2, 0.25) is 0 Å². The number of nitrogens with zero attached hydrogens (tertiary/aromatic N) is 1. The normalized spacial score (nSPS) is 13.7. The van der Waals surface area contributed by atoms with E-state index < -0.39 is 0 Å². The van der Waals surface area contributed by atoms with Crippen LogP contribution in [0.3, 0.4) is 0 Å². The molecule has 1 fully saturated rings. The maximum absolute atomic E-state index is 6.01. The van der Waals surface area contributed by atoms with Crippen molar-refractivity contribution in [3.05, 3.63) is 94.9 Å². The van der Waals surface area contributed by atoms with Crippen LogP contribution in [0.1, 0.15) is 61.6 Å². The van der Waals surface area contributed by atoms with Gasteiger partial charge in [0.1, 0.15) is 12.4 Å². The minimum absolute atomic E-state index is 0.774. The average molecular weight is 542 g/mol. The largest absolute Gasteiger partial charge is 0.492 e. The highest BCUT2D eigenvalue weighted by molar-refractivity contribution is 7.19. The van der Waals surface area contributed by atoms with Crippen molar-refractivity contribution in [3.8, 4) is 16.9 Å². The highest BCUT2D eigenvalue weighted by Crippen LogP contribution is 2.38. The second-order valence-corrected chi connectivity index (χ2v) is 11.4. The molecular weight excluding hydrogens is 494 g/mol. The molecule has 0 bridgehead atoms. The molecule has 0 spiro atoms. The van der Waals surface area contributed by atoms with E-state index in [1.165, 1.54) is 75.1 Å². The van der Waals surface area contributed by atoms with Crippen molar-refractivity contribution in [1.29, 1.82) is 0 Å². The van der Waals surface area contributed by atoms with E-state index in [-0.39, 0.29) is 0 Å².